The number of hydrogen-bond donors (Lipinski definition) is 0. The van der Waals surface area contributed by atoms with Gasteiger partial charge in [-0.25, -0.2) is 4.79 Å². The van der Waals surface area contributed by atoms with Gasteiger partial charge in [-0.1, -0.05) is 60.7 Å². The van der Waals surface area contributed by atoms with Gasteiger partial charge in [0, 0.05) is 5.92 Å². The fourth-order valence-corrected chi connectivity index (χ4v) is 3.73. The molecule has 2 aromatic rings. The molecular weight excluding hydrogens is 350 g/mol. The maximum Gasteiger partial charge on any atom is 0.415 e. The van der Waals surface area contributed by atoms with Gasteiger partial charge in [0.25, 0.3) is 0 Å². The first-order chi connectivity index (χ1) is 13.4. The first kappa shape index (κ1) is 18.4. The van der Waals surface area contributed by atoms with Crippen LogP contribution in [-0.4, -0.2) is 23.2 Å². The number of benzene rings is 2. The molecule has 4 heteroatoms. The standard InChI is InChI=1S/C24H25NO3/c1-24(2,3)28-23(26)25-19(16-27-20-10-5-4-6-11-20)15-18-14-13-17-9-7-8-12-21(17)22(18)25/h4-15,18,22H,16H2,1-3H3/t18-,22+/m1/s1. The average molecular weight is 375 g/mol. The summed E-state index contributed by atoms with van der Waals surface area (Å²) >= 11 is 0. The third kappa shape index (κ3) is 3.68. The molecule has 1 aliphatic heterocycles. The highest BCUT2D eigenvalue weighted by atomic mass is 16.6. The topological polar surface area (TPSA) is 38.8 Å². The van der Waals surface area contributed by atoms with Crippen molar-refractivity contribution in [3.8, 4) is 5.75 Å². The van der Waals surface area contributed by atoms with Gasteiger partial charge in [-0.3, -0.25) is 4.90 Å². The molecular formula is C24H25NO3. The highest BCUT2D eigenvalue weighted by Gasteiger charge is 2.42. The van der Waals surface area contributed by atoms with Crippen LogP contribution in [0.4, 0.5) is 4.79 Å². The minimum absolute atomic E-state index is 0.106. The molecule has 0 spiro atoms. The van der Waals surface area contributed by atoms with E-state index >= 15 is 0 Å². The number of ether oxygens (including phenoxy) is 2. The molecule has 0 saturated carbocycles. The summed E-state index contributed by atoms with van der Waals surface area (Å²) in [5, 5.41) is 0. The number of carbonyl (C=O) groups excluding carboxylic acids is 1. The summed E-state index contributed by atoms with van der Waals surface area (Å²) in [5.41, 5.74) is 2.53. The summed E-state index contributed by atoms with van der Waals surface area (Å²) in [4.78, 5) is 14.9. The Balaban J connectivity index is 1.65. The SMILES string of the molecule is CC(C)(C)OC(=O)N1C(COc2ccccc2)=C[C@H]2C=Cc3ccccc3[C@H]21. The van der Waals surface area contributed by atoms with E-state index in [9.17, 15) is 4.79 Å². The zero-order valence-electron chi connectivity index (χ0n) is 16.5. The van der Waals surface area contributed by atoms with Crippen molar-refractivity contribution in [2.45, 2.75) is 32.4 Å². The van der Waals surface area contributed by atoms with Gasteiger partial charge >= 0.3 is 6.09 Å². The first-order valence-corrected chi connectivity index (χ1v) is 9.60. The van der Waals surface area contributed by atoms with Gasteiger partial charge in [-0.15, -0.1) is 0 Å². The van der Waals surface area contributed by atoms with E-state index in [-0.39, 0.29) is 18.1 Å². The van der Waals surface area contributed by atoms with Gasteiger partial charge in [0.05, 0.1) is 11.7 Å². The highest BCUT2D eigenvalue weighted by molar-refractivity contribution is 5.74. The molecule has 144 valence electrons. The van der Waals surface area contributed by atoms with Crippen molar-refractivity contribution in [1.82, 2.24) is 4.90 Å². The summed E-state index contributed by atoms with van der Waals surface area (Å²) in [6, 6.07) is 17.7. The molecule has 0 N–H and O–H groups in total. The second-order valence-electron chi connectivity index (χ2n) is 8.12. The maximum atomic E-state index is 13.1. The van der Waals surface area contributed by atoms with Crippen LogP contribution in [0.25, 0.3) is 6.08 Å². The Morgan fingerprint density at radius 1 is 1.04 bits per heavy atom. The number of amides is 1. The van der Waals surface area contributed by atoms with Crippen molar-refractivity contribution in [1.29, 1.82) is 0 Å². The largest absolute Gasteiger partial charge is 0.487 e. The molecule has 2 atom stereocenters. The Hall–Kier alpha value is -3.01. The van der Waals surface area contributed by atoms with Gasteiger partial charge in [-0.2, -0.15) is 0 Å². The average Bonchev–Trinajstić information content (AvgIpc) is 3.05. The fourth-order valence-electron chi connectivity index (χ4n) is 3.73. The first-order valence-electron chi connectivity index (χ1n) is 9.60. The predicted molar refractivity (Wildman–Crippen MR) is 110 cm³/mol. The van der Waals surface area contributed by atoms with Crippen molar-refractivity contribution < 1.29 is 14.3 Å². The van der Waals surface area contributed by atoms with Gasteiger partial charge in [0.15, 0.2) is 0 Å². The van der Waals surface area contributed by atoms with Crippen LogP contribution in [0.15, 0.2) is 72.4 Å². The summed E-state index contributed by atoms with van der Waals surface area (Å²) in [5.74, 6) is 0.884. The molecule has 2 aliphatic rings. The van der Waals surface area contributed by atoms with E-state index in [1.807, 2.05) is 63.2 Å². The third-order valence-corrected chi connectivity index (χ3v) is 4.87. The molecule has 1 aliphatic carbocycles. The normalized spacial score (nSPS) is 20.2. The van der Waals surface area contributed by atoms with Crippen molar-refractivity contribution >= 4 is 12.2 Å². The van der Waals surface area contributed by atoms with Crippen molar-refractivity contribution in [2.24, 2.45) is 5.92 Å². The number of hydrogen-bond acceptors (Lipinski definition) is 3. The lowest BCUT2D eigenvalue weighted by Gasteiger charge is -2.34. The molecule has 0 unspecified atom stereocenters. The van der Waals surface area contributed by atoms with Crippen LogP contribution >= 0.6 is 0 Å². The molecule has 0 fully saturated rings. The van der Waals surface area contributed by atoms with E-state index in [2.05, 4.69) is 30.4 Å². The van der Waals surface area contributed by atoms with E-state index in [0.717, 1.165) is 22.6 Å². The monoisotopic (exact) mass is 375 g/mol. The zero-order valence-corrected chi connectivity index (χ0v) is 16.5. The van der Waals surface area contributed by atoms with E-state index in [1.54, 1.807) is 4.90 Å². The van der Waals surface area contributed by atoms with Gasteiger partial charge in [-0.05, 0) is 44.0 Å². The van der Waals surface area contributed by atoms with Crippen molar-refractivity contribution in [3.63, 3.8) is 0 Å². The smallest absolute Gasteiger partial charge is 0.415 e. The molecule has 4 nitrogen and oxygen atoms in total. The van der Waals surface area contributed by atoms with Crippen LogP contribution in [0.3, 0.4) is 0 Å². The van der Waals surface area contributed by atoms with Gasteiger partial charge in [0.1, 0.15) is 18.0 Å². The van der Waals surface area contributed by atoms with E-state index < -0.39 is 5.60 Å². The predicted octanol–water partition coefficient (Wildman–Crippen LogP) is 5.58. The van der Waals surface area contributed by atoms with Crippen molar-refractivity contribution in [2.75, 3.05) is 6.61 Å². The number of fused-ring (bicyclic) bond motifs is 3. The number of nitrogens with zero attached hydrogens (tertiary/aromatic N) is 1. The quantitative estimate of drug-likeness (QED) is 0.702. The lowest BCUT2D eigenvalue weighted by atomic mass is 9.86. The molecule has 2 aromatic carbocycles. The summed E-state index contributed by atoms with van der Waals surface area (Å²) in [6.07, 6.45) is 6.05. The Bertz CT molecular complexity index is 924. The second kappa shape index (κ2) is 7.19. The minimum Gasteiger partial charge on any atom is -0.487 e. The molecule has 1 amide bonds. The number of carbonyl (C=O) groups is 1. The highest BCUT2D eigenvalue weighted by Crippen LogP contribution is 2.45. The van der Waals surface area contributed by atoms with Crippen LogP contribution in [-0.2, 0) is 4.74 Å². The molecule has 28 heavy (non-hydrogen) atoms. The minimum atomic E-state index is -0.565. The fraction of sp³-hybridized carbons (Fsp3) is 0.292. The van der Waals surface area contributed by atoms with Crippen LogP contribution < -0.4 is 4.74 Å². The van der Waals surface area contributed by atoms with E-state index in [1.165, 1.54) is 0 Å². The van der Waals surface area contributed by atoms with Crippen molar-refractivity contribution in [3.05, 3.63) is 83.6 Å². The van der Waals surface area contributed by atoms with Gasteiger partial charge in [0.2, 0.25) is 0 Å². The molecule has 0 aromatic heterocycles. The summed E-state index contributed by atoms with van der Waals surface area (Å²) in [7, 11) is 0. The molecule has 0 saturated heterocycles. The molecule has 4 rings (SSSR count). The van der Waals surface area contributed by atoms with E-state index in [4.69, 9.17) is 9.47 Å². The molecule has 1 heterocycles. The number of para-hydroxylation sites is 1. The summed E-state index contributed by atoms with van der Waals surface area (Å²) in [6.45, 7) is 5.97. The van der Waals surface area contributed by atoms with E-state index in [0.29, 0.717) is 6.61 Å². The Morgan fingerprint density at radius 2 is 1.75 bits per heavy atom. The number of rotatable bonds is 3. The Morgan fingerprint density at radius 3 is 2.50 bits per heavy atom. The Kier molecular flexibility index (Phi) is 4.71. The zero-order chi connectivity index (χ0) is 19.7. The Labute approximate surface area is 166 Å². The molecule has 0 radical (unpaired) electrons. The van der Waals surface area contributed by atoms with Crippen LogP contribution in [0.5, 0.6) is 5.75 Å². The molecule has 0 bridgehead atoms. The second-order valence-corrected chi connectivity index (χ2v) is 8.12. The lowest BCUT2D eigenvalue weighted by molar-refractivity contribution is 0.0228. The maximum absolute atomic E-state index is 13.1. The van der Waals surface area contributed by atoms with Crippen LogP contribution in [0.2, 0.25) is 0 Å². The van der Waals surface area contributed by atoms with Crippen LogP contribution in [0, 0.1) is 5.92 Å². The van der Waals surface area contributed by atoms with Crippen LogP contribution in [0.1, 0.15) is 37.9 Å². The summed E-state index contributed by atoms with van der Waals surface area (Å²) < 4.78 is 11.7. The lowest BCUT2D eigenvalue weighted by Crippen LogP contribution is -2.39. The van der Waals surface area contributed by atoms with Gasteiger partial charge < -0.3 is 9.47 Å². The third-order valence-electron chi connectivity index (χ3n) is 4.87.